The third kappa shape index (κ3) is 5.67. The predicted molar refractivity (Wildman–Crippen MR) is 120 cm³/mol. The Kier molecular flexibility index (Phi) is 7.22. The second kappa shape index (κ2) is 9.86. The molecule has 1 heterocycles. The number of nitrogens with one attached hydrogen (secondary N) is 2. The van der Waals surface area contributed by atoms with Gasteiger partial charge in [0.1, 0.15) is 0 Å². The quantitative estimate of drug-likeness (QED) is 0.495. The number of aryl methyl sites for hydroxylation is 3. The van der Waals surface area contributed by atoms with E-state index in [-0.39, 0.29) is 24.1 Å². The molecule has 3 aromatic rings. The fourth-order valence-corrected chi connectivity index (χ4v) is 3.97. The minimum Gasteiger partial charge on any atom is -0.346 e. The third-order valence-corrected chi connectivity index (χ3v) is 5.67. The van der Waals surface area contributed by atoms with Crippen LogP contribution in [0, 0.1) is 20.8 Å². The van der Waals surface area contributed by atoms with Gasteiger partial charge < -0.3 is 10.6 Å². The molecule has 8 nitrogen and oxygen atoms in total. The summed E-state index contributed by atoms with van der Waals surface area (Å²) in [5.74, 6) is -0.479. The first kappa shape index (κ1) is 22.0. The van der Waals surface area contributed by atoms with Gasteiger partial charge in [-0.25, -0.2) is 0 Å². The van der Waals surface area contributed by atoms with Crippen molar-refractivity contribution < 1.29 is 9.59 Å². The fraction of sp³-hybridized carbons (Fsp3) is 0.250. The Morgan fingerprint density at radius 2 is 1.87 bits per heavy atom. The van der Waals surface area contributed by atoms with Crippen molar-refractivity contribution in [1.82, 2.24) is 25.5 Å². The molecule has 0 unspecified atom stereocenters. The van der Waals surface area contributed by atoms with Crippen molar-refractivity contribution in [3.63, 3.8) is 0 Å². The van der Waals surface area contributed by atoms with Crippen LogP contribution in [0.3, 0.4) is 0 Å². The minimum atomic E-state index is -0.293. The first-order valence-electron chi connectivity index (χ1n) is 9.15. The number of carbonyl (C=O) groups excluding carboxylic acids is 2. The van der Waals surface area contributed by atoms with E-state index in [2.05, 4.69) is 42.1 Å². The first-order valence-corrected chi connectivity index (χ1v) is 10.9. The maximum Gasteiger partial charge on any atom is 0.243 e. The molecule has 2 amide bonds. The summed E-state index contributed by atoms with van der Waals surface area (Å²) in [6, 6.07) is 11.5. The van der Waals surface area contributed by atoms with E-state index in [1.807, 2.05) is 57.2 Å². The molecule has 0 atom stereocenters. The van der Waals surface area contributed by atoms with E-state index in [0.717, 1.165) is 26.9 Å². The van der Waals surface area contributed by atoms with Gasteiger partial charge in [-0.05, 0) is 66.6 Å². The van der Waals surface area contributed by atoms with E-state index in [1.54, 1.807) is 4.68 Å². The fourth-order valence-electron chi connectivity index (χ4n) is 2.78. The minimum absolute atomic E-state index is 0.0931. The van der Waals surface area contributed by atoms with Crippen molar-refractivity contribution in [2.45, 2.75) is 25.9 Å². The Balaban J connectivity index is 1.52. The molecular formula is C20H21BrN6O2S. The molecule has 0 spiro atoms. The highest BCUT2D eigenvalue weighted by atomic mass is 79.9. The van der Waals surface area contributed by atoms with Crippen molar-refractivity contribution in [2.24, 2.45) is 0 Å². The van der Waals surface area contributed by atoms with Gasteiger partial charge in [0.15, 0.2) is 0 Å². The lowest BCUT2D eigenvalue weighted by Crippen LogP contribution is -2.34. The molecule has 0 aliphatic rings. The lowest BCUT2D eigenvalue weighted by atomic mass is 10.1. The van der Waals surface area contributed by atoms with Crippen molar-refractivity contribution in [3.8, 4) is 5.69 Å². The zero-order chi connectivity index (χ0) is 21.7. The average Bonchev–Trinajstić information content (AvgIpc) is 3.15. The summed E-state index contributed by atoms with van der Waals surface area (Å²) < 4.78 is 2.54. The van der Waals surface area contributed by atoms with Crippen LogP contribution in [0.15, 0.2) is 46.0 Å². The van der Waals surface area contributed by atoms with E-state index in [9.17, 15) is 9.59 Å². The molecule has 156 valence electrons. The van der Waals surface area contributed by atoms with Crippen molar-refractivity contribution >= 4 is 45.2 Å². The van der Waals surface area contributed by atoms with Crippen molar-refractivity contribution in [3.05, 3.63) is 57.6 Å². The molecule has 0 fully saturated rings. The lowest BCUT2D eigenvalue weighted by molar-refractivity contribution is -0.122. The molecule has 0 radical (unpaired) electrons. The summed E-state index contributed by atoms with van der Waals surface area (Å²) in [5, 5.41) is 17.6. The molecule has 0 aliphatic carbocycles. The van der Waals surface area contributed by atoms with Gasteiger partial charge in [-0.1, -0.05) is 45.4 Å². The van der Waals surface area contributed by atoms with Gasteiger partial charge >= 0.3 is 0 Å². The van der Waals surface area contributed by atoms with Crippen LogP contribution in [-0.2, 0) is 9.59 Å². The number of aromatic nitrogens is 4. The standard InChI is InChI=1S/C20H21BrN6O2S/c1-12-4-7-17(14(3)8-12)27-20(24-25-26-27)30-11-19(29)22-10-18(28)23-16-6-5-15(21)9-13(16)2/h4-9H,10-11H2,1-3H3,(H,22,29)(H,23,28). The topological polar surface area (TPSA) is 102 Å². The smallest absolute Gasteiger partial charge is 0.243 e. The summed E-state index contributed by atoms with van der Waals surface area (Å²) in [6.07, 6.45) is 0. The number of rotatable bonds is 7. The zero-order valence-corrected chi connectivity index (χ0v) is 19.2. The zero-order valence-electron chi connectivity index (χ0n) is 16.8. The number of benzene rings is 2. The number of carbonyl (C=O) groups is 2. The number of thioether (sulfide) groups is 1. The number of hydrogen-bond acceptors (Lipinski definition) is 6. The van der Waals surface area contributed by atoms with Crippen LogP contribution in [-0.4, -0.2) is 44.3 Å². The molecular weight excluding hydrogens is 468 g/mol. The van der Waals surface area contributed by atoms with Gasteiger partial charge in [0, 0.05) is 10.2 Å². The maximum absolute atomic E-state index is 12.2. The Morgan fingerprint density at radius 3 is 2.60 bits per heavy atom. The molecule has 3 rings (SSSR count). The van der Waals surface area contributed by atoms with Crippen LogP contribution in [0.4, 0.5) is 5.69 Å². The van der Waals surface area contributed by atoms with E-state index >= 15 is 0 Å². The molecule has 30 heavy (non-hydrogen) atoms. The van der Waals surface area contributed by atoms with Crippen LogP contribution in [0.5, 0.6) is 0 Å². The number of nitrogens with zero attached hydrogens (tertiary/aromatic N) is 4. The summed E-state index contributed by atoms with van der Waals surface area (Å²) in [5.41, 5.74) is 4.68. The van der Waals surface area contributed by atoms with Gasteiger partial charge in [0.25, 0.3) is 0 Å². The second-order valence-corrected chi connectivity index (χ2v) is 8.59. The highest BCUT2D eigenvalue weighted by molar-refractivity contribution is 9.10. The van der Waals surface area contributed by atoms with E-state index in [4.69, 9.17) is 0 Å². The van der Waals surface area contributed by atoms with E-state index in [0.29, 0.717) is 10.8 Å². The molecule has 2 N–H and O–H groups in total. The molecule has 1 aromatic heterocycles. The number of anilines is 1. The Bertz CT molecular complexity index is 1080. The molecule has 0 aliphatic heterocycles. The molecule has 0 saturated carbocycles. The van der Waals surface area contributed by atoms with E-state index < -0.39 is 0 Å². The first-order chi connectivity index (χ1) is 14.3. The average molecular weight is 489 g/mol. The van der Waals surface area contributed by atoms with E-state index in [1.165, 1.54) is 11.8 Å². The van der Waals surface area contributed by atoms with Crippen molar-refractivity contribution in [1.29, 1.82) is 0 Å². The van der Waals surface area contributed by atoms with Gasteiger partial charge in [-0.3, -0.25) is 9.59 Å². The largest absolute Gasteiger partial charge is 0.346 e. The monoisotopic (exact) mass is 488 g/mol. The summed E-state index contributed by atoms with van der Waals surface area (Å²) in [6.45, 7) is 5.79. The highest BCUT2D eigenvalue weighted by Gasteiger charge is 2.14. The predicted octanol–water partition coefficient (Wildman–Crippen LogP) is 3.20. The number of tetrazole rings is 1. The molecule has 2 aromatic carbocycles. The van der Waals surface area contributed by atoms with Crippen LogP contribution >= 0.6 is 27.7 Å². The number of amides is 2. The Hall–Kier alpha value is -2.72. The van der Waals surface area contributed by atoms with Gasteiger partial charge in [0.05, 0.1) is 18.0 Å². The normalized spacial score (nSPS) is 10.7. The maximum atomic E-state index is 12.2. The highest BCUT2D eigenvalue weighted by Crippen LogP contribution is 2.21. The van der Waals surface area contributed by atoms with Gasteiger partial charge in [-0.2, -0.15) is 4.68 Å². The third-order valence-electron chi connectivity index (χ3n) is 4.26. The van der Waals surface area contributed by atoms with Crippen LogP contribution in [0.1, 0.15) is 16.7 Å². The Labute approximate surface area is 186 Å². The second-order valence-electron chi connectivity index (χ2n) is 6.74. The summed E-state index contributed by atoms with van der Waals surface area (Å²) in [4.78, 5) is 24.3. The lowest BCUT2D eigenvalue weighted by Gasteiger charge is -2.10. The molecule has 0 saturated heterocycles. The Morgan fingerprint density at radius 1 is 1.07 bits per heavy atom. The number of hydrogen-bond donors (Lipinski definition) is 2. The van der Waals surface area contributed by atoms with Gasteiger partial charge in [0.2, 0.25) is 17.0 Å². The number of halogens is 1. The molecule has 0 bridgehead atoms. The SMILES string of the molecule is Cc1ccc(-n2nnnc2SCC(=O)NCC(=O)Nc2ccc(Br)cc2C)c(C)c1. The van der Waals surface area contributed by atoms with Crippen molar-refractivity contribution in [2.75, 3.05) is 17.6 Å². The van der Waals surface area contributed by atoms with Gasteiger partial charge in [-0.15, -0.1) is 5.10 Å². The summed E-state index contributed by atoms with van der Waals surface area (Å²) in [7, 11) is 0. The van der Waals surface area contributed by atoms with Crippen LogP contribution in [0.2, 0.25) is 0 Å². The summed E-state index contributed by atoms with van der Waals surface area (Å²) >= 11 is 4.59. The van der Waals surface area contributed by atoms with Crippen LogP contribution in [0.25, 0.3) is 5.69 Å². The van der Waals surface area contributed by atoms with Crippen LogP contribution < -0.4 is 10.6 Å². The molecule has 10 heteroatoms.